The minimum absolute atomic E-state index is 0.0504. The number of hydrogen-bond donors (Lipinski definition) is 1. The van der Waals surface area contributed by atoms with Crippen molar-refractivity contribution in [3.63, 3.8) is 0 Å². The van der Waals surface area contributed by atoms with Gasteiger partial charge >= 0.3 is 5.97 Å². The average Bonchev–Trinajstić information content (AvgIpc) is 3.28. The van der Waals surface area contributed by atoms with Crippen molar-refractivity contribution in [2.24, 2.45) is 0 Å². The Kier molecular flexibility index (Phi) is 7.31. The molecular formula is C25H25FN4O4. The molecule has 2 aromatic carbocycles. The molecule has 0 radical (unpaired) electrons. The van der Waals surface area contributed by atoms with Gasteiger partial charge in [0.15, 0.2) is 0 Å². The number of fused-ring (bicyclic) bond motifs is 1. The summed E-state index contributed by atoms with van der Waals surface area (Å²) in [4.78, 5) is 35.3. The molecule has 1 aliphatic rings. The predicted molar refractivity (Wildman–Crippen MR) is 123 cm³/mol. The van der Waals surface area contributed by atoms with Gasteiger partial charge in [-0.3, -0.25) is 9.59 Å². The van der Waals surface area contributed by atoms with Gasteiger partial charge in [-0.1, -0.05) is 30.3 Å². The Bertz CT molecular complexity index is 1170. The van der Waals surface area contributed by atoms with Gasteiger partial charge in [0.05, 0.1) is 13.0 Å². The first-order chi connectivity index (χ1) is 16.5. The van der Waals surface area contributed by atoms with Gasteiger partial charge in [0, 0.05) is 25.0 Å². The van der Waals surface area contributed by atoms with E-state index in [9.17, 15) is 14.0 Å². The van der Waals surface area contributed by atoms with Crippen molar-refractivity contribution >= 4 is 23.5 Å². The number of esters is 1. The third-order valence-electron chi connectivity index (χ3n) is 5.32. The van der Waals surface area contributed by atoms with Crippen molar-refractivity contribution in [2.45, 2.75) is 26.4 Å². The van der Waals surface area contributed by atoms with Crippen molar-refractivity contribution in [1.82, 2.24) is 15.3 Å². The Morgan fingerprint density at radius 1 is 1.15 bits per heavy atom. The molecule has 2 heterocycles. The van der Waals surface area contributed by atoms with Crippen molar-refractivity contribution in [2.75, 3.05) is 24.6 Å². The summed E-state index contributed by atoms with van der Waals surface area (Å²) in [5.74, 6) is -0.682. The maximum atomic E-state index is 13.2. The van der Waals surface area contributed by atoms with Crippen molar-refractivity contribution in [1.29, 1.82) is 0 Å². The zero-order valence-corrected chi connectivity index (χ0v) is 18.8. The number of aromatic nitrogens is 2. The highest BCUT2D eigenvalue weighted by Gasteiger charge is 2.24. The smallest absolute Gasteiger partial charge is 0.307 e. The first kappa shape index (κ1) is 23.2. The molecule has 3 aromatic rings. The van der Waals surface area contributed by atoms with Crippen LogP contribution in [-0.4, -0.2) is 41.5 Å². The number of carbonyl (C=O) groups is 2. The van der Waals surface area contributed by atoms with E-state index in [0.29, 0.717) is 12.5 Å². The molecule has 8 nitrogen and oxygen atoms in total. The van der Waals surface area contributed by atoms with Crippen LogP contribution in [-0.2, 0) is 22.6 Å². The fourth-order valence-corrected chi connectivity index (χ4v) is 3.64. The summed E-state index contributed by atoms with van der Waals surface area (Å²) in [5, 5.41) is 2.68. The molecule has 0 saturated carbocycles. The number of rotatable bonds is 9. The maximum Gasteiger partial charge on any atom is 0.307 e. The Morgan fingerprint density at radius 2 is 1.94 bits per heavy atom. The number of benzene rings is 2. The first-order valence-corrected chi connectivity index (χ1v) is 11.1. The normalized spacial score (nSPS) is 12.2. The van der Waals surface area contributed by atoms with E-state index in [2.05, 4.69) is 21.4 Å². The van der Waals surface area contributed by atoms with Crippen LogP contribution in [0.2, 0.25) is 0 Å². The van der Waals surface area contributed by atoms with E-state index in [1.54, 1.807) is 19.1 Å². The van der Waals surface area contributed by atoms with Crippen LogP contribution in [0.15, 0.2) is 54.7 Å². The van der Waals surface area contributed by atoms with Crippen LogP contribution < -0.4 is 15.0 Å². The minimum Gasteiger partial charge on any atom is -0.472 e. The van der Waals surface area contributed by atoms with Crippen molar-refractivity contribution in [3.8, 4) is 5.88 Å². The molecule has 9 heteroatoms. The van der Waals surface area contributed by atoms with Gasteiger partial charge in [0.2, 0.25) is 11.8 Å². The SMILES string of the molecule is CCOC(=O)CCNC(=O)c1cnc(N2CCc3ccccc32)nc1OCc1ccc(F)cc1. The number of halogens is 1. The highest BCUT2D eigenvalue weighted by atomic mass is 19.1. The van der Waals surface area contributed by atoms with Gasteiger partial charge in [0.1, 0.15) is 18.0 Å². The summed E-state index contributed by atoms with van der Waals surface area (Å²) in [6.07, 6.45) is 2.33. The number of anilines is 2. The first-order valence-electron chi connectivity index (χ1n) is 11.1. The monoisotopic (exact) mass is 464 g/mol. The van der Waals surface area contributed by atoms with Gasteiger partial charge < -0.3 is 19.7 Å². The standard InChI is InChI=1S/C25H25FN4O4/c1-2-33-22(31)11-13-27-23(32)20-15-28-25(30-14-12-18-5-3-4-6-21(18)30)29-24(20)34-16-17-7-9-19(26)10-8-17/h3-10,15H,2,11-14,16H2,1H3,(H,27,32). The Morgan fingerprint density at radius 3 is 2.74 bits per heavy atom. The molecule has 1 N–H and O–H groups in total. The molecule has 0 atom stereocenters. The quantitative estimate of drug-likeness (QED) is 0.484. The van der Waals surface area contributed by atoms with Crippen LogP contribution in [0.25, 0.3) is 0 Å². The van der Waals surface area contributed by atoms with E-state index in [-0.39, 0.29) is 43.4 Å². The van der Waals surface area contributed by atoms with Crippen LogP contribution in [0.3, 0.4) is 0 Å². The molecule has 0 unspecified atom stereocenters. The molecule has 34 heavy (non-hydrogen) atoms. The van der Waals surface area contributed by atoms with Gasteiger partial charge in [-0.25, -0.2) is 9.37 Å². The number of para-hydroxylation sites is 1. The van der Waals surface area contributed by atoms with Gasteiger partial charge in [-0.05, 0) is 42.7 Å². The molecule has 1 aromatic heterocycles. The summed E-state index contributed by atoms with van der Waals surface area (Å²) in [5.41, 5.74) is 3.07. The lowest BCUT2D eigenvalue weighted by Gasteiger charge is -2.19. The summed E-state index contributed by atoms with van der Waals surface area (Å²) in [6.45, 7) is 2.91. The largest absolute Gasteiger partial charge is 0.472 e. The predicted octanol–water partition coefficient (Wildman–Crippen LogP) is 3.57. The van der Waals surface area contributed by atoms with E-state index in [1.807, 2.05) is 23.1 Å². The molecule has 176 valence electrons. The highest BCUT2D eigenvalue weighted by molar-refractivity contribution is 5.96. The molecule has 1 aliphatic heterocycles. The number of nitrogens with zero attached hydrogens (tertiary/aromatic N) is 3. The Balaban J connectivity index is 1.55. The van der Waals surface area contributed by atoms with Crippen LogP contribution in [0.4, 0.5) is 16.0 Å². The topological polar surface area (TPSA) is 93.6 Å². The zero-order chi connectivity index (χ0) is 23.9. The second kappa shape index (κ2) is 10.7. The Labute approximate surface area is 196 Å². The molecule has 0 aliphatic carbocycles. The van der Waals surface area contributed by atoms with Crippen LogP contribution >= 0.6 is 0 Å². The average molecular weight is 464 g/mol. The van der Waals surface area contributed by atoms with Gasteiger partial charge in [0.25, 0.3) is 5.91 Å². The number of hydrogen-bond acceptors (Lipinski definition) is 7. The summed E-state index contributed by atoms with van der Waals surface area (Å²) < 4.78 is 24.0. The number of ether oxygens (including phenoxy) is 2. The van der Waals surface area contributed by atoms with Crippen LogP contribution in [0, 0.1) is 5.82 Å². The third-order valence-corrected chi connectivity index (χ3v) is 5.32. The summed E-state index contributed by atoms with van der Waals surface area (Å²) in [7, 11) is 0. The lowest BCUT2D eigenvalue weighted by Crippen LogP contribution is -2.28. The van der Waals surface area contributed by atoms with E-state index >= 15 is 0 Å². The molecule has 1 amide bonds. The molecular weight excluding hydrogens is 439 g/mol. The minimum atomic E-state index is -0.466. The van der Waals surface area contributed by atoms with E-state index < -0.39 is 11.9 Å². The lowest BCUT2D eigenvalue weighted by molar-refractivity contribution is -0.142. The van der Waals surface area contributed by atoms with Gasteiger partial charge in [-0.15, -0.1) is 0 Å². The highest BCUT2D eigenvalue weighted by Crippen LogP contribution is 2.33. The summed E-state index contributed by atoms with van der Waals surface area (Å²) in [6, 6.07) is 13.9. The maximum absolute atomic E-state index is 13.2. The van der Waals surface area contributed by atoms with Gasteiger partial charge in [-0.2, -0.15) is 4.98 Å². The second-order valence-electron chi connectivity index (χ2n) is 7.65. The molecule has 0 spiro atoms. The molecule has 0 bridgehead atoms. The van der Waals surface area contributed by atoms with E-state index in [4.69, 9.17) is 9.47 Å². The second-order valence-corrected chi connectivity index (χ2v) is 7.65. The lowest BCUT2D eigenvalue weighted by atomic mass is 10.2. The summed E-state index contributed by atoms with van der Waals surface area (Å²) >= 11 is 0. The van der Waals surface area contributed by atoms with E-state index in [0.717, 1.165) is 17.7 Å². The molecule has 4 rings (SSSR count). The van der Waals surface area contributed by atoms with E-state index in [1.165, 1.54) is 23.9 Å². The zero-order valence-electron chi connectivity index (χ0n) is 18.8. The van der Waals surface area contributed by atoms with Crippen LogP contribution in [0.1, 0.15) is 34.8 Å². The van der Waals surface area contributed by atoms with Crippen molar-refractivity contribution < 1.29 is 23.5 Å². The molecule has 0 saturated heterocycles. The number of carbonyl (C=O) groups excluding carboxylic acids is 2. The van der Waals surface area contributed by atoms with Crippen LogP contribution in [0.5, 0.6) is 5.88 Å². The fraction of sp³-hybridized carbons (Fsp3) is 0.280. The number of nitrogens with one attached hydrogen (secondary N) is 1. The number of amides is 1. The Hall–Kier alpha value is -4.01. The third kappa shape index (κ3) is 5.48. The van der Waals surface area contributed by atoms with Crippen molar-refractivity contribution in [3.05, 3.63) is 77.2 Å². The molecule has 0 fully saturated rings. The fourth-order valence-electron chi connectivity index (χ4n) is 3.64.